The van der Waals surface area contributed by atoms with Crippen LogP contribution in [0.15, 0.2) is 30.5 Å². The number of likely N-dealkylation sites (N-methyl/N-ethyl adjacent to an activating group) is 1. The lowest BCUT2D eigenvalue weighted by Crippen LogP contribution is -2.23. The van der Waals surface area contributed by atoms with Gasteiger partial charge >= 0.3 is 0 Å². The third-order valence-electron chi connectivity index (χ3n) is 3.62. The van der Waals surface area contributed by atoms with Crippen molar-refractivity contribution in [3.63, 3.8) is 0 Å². The van der Waals surface area contributed by atoms with Crippen molar-refractivity contribution in [3.8, 4) is 0 Å². The van der Waals surface area contributed by atoms with Gasteiger partial charge in [0.2, 0.25) is 5.91 Å². The van der Waals surface area contributed by atoms with Crippen molar-refractivity contribution >= 4 is 16.8 Å². The predicted molar refractivity (Wildman–Crippen MR) is 75.9 cm³/mol. The van der Waals surface area contributed by atoms with E-state index in [0.717, 1.165) is 12.1 Å². The standard InChI is InChI=1S/C15H19N3O/c1-16-15(19)10-18-9-11(8-17-12-6-7-12)13-4-2-3-5-14(13)18/h2-5,9,12,17H,6-8,10H2,1H3,(H,16,19). The van der Waals surface area contributed by atoms with Crippen molar-refractivity contribution in [2.75, 3.05) is 7.05 Å². The van der Waals surface area contributed by atoms with Gasteiger partial charge in [-0.2, -0.15) is 0 Å². The van der Waals surface area contributed by atoms with Crippen LogP contribution >= 0.6 is 0 Å². The summed E-state index contributed by atoms with van der Waals surface area (Å²) in [5, 5.41) is 7.44. The van der Waals surface area contributed by atoms with E-state index >= 15 is 0 Å². The second-order valence-corrected chi connectivity index (χ2v) is 5.13. The SMILES string of the molecule is CNC(=O)Cn1cc(CNC2CC2)c2ccccc21. The van der Waals surface area contributed by atoms with Crippen LogP contribution in [0.3, 0.4) is 0 Å². The fourth-order valence-electron chi connectivity index (χ4n) is 2.37. The van der Waals surface area contributed by atoms with Crippen molar-refractivity contribution in [1.82, 2.24) is 15.2 Å². The van der Waals surface area contributed by atoms with Gasteiger partial charge in [0.25, 0.3) is 0 Å². The van der Waals surface area contributed by atoms with Crippen LogP contribution in [-0.4, -0.2) is 23.6 Å². The number of amides is 1. The number of aromatic nitrogens is 1. The molecule has 1 amide bonds. The molecule has 1 fully saturated rings. The van der Waals surface area contributed by atoms with E-state index in [4.69, 9.17) is 0 Å². The normalized spacial score (nSPS) is 14.8. The summed E-state index contributed by atoms with van der Waals surface area (Å²) in [4.78, 5) is 11.6. The molecule has 4 heteroatoms. The van der Waals surface area contributed by atoms with Gasteiger partial charge in [-0.15, -0.1) is 0 Å². The summed E-state index contributed by atoms with van der Waals surface area (Å²) in [5.74, 6) is 0.0301. The van der Waals surface area contributed by atoms with E-state index in [1.54, 1.807) is 7.05 Å². The van der Waals surface area contributed by atoms with Crippen molar-refractivity contribution in [2.45, 2.75) is 32.0 Å². The summed E-state index contributed by atoms with van der Waals surface area (Å²) in [6, 6.07) is 8.95. The van der Waals surface area contributed by atoms with E-state index in [0.29, 0.717) is 12.6 Å². The number of nitrogens with one attached hydrogen (secondary N) is 2. The molecular formula is C15H19N3O. The molecule has 1 aromatic heterocycles. The van der Waals surface area contributed by atoms with Crippen molar-refractivity contribution < 1.29 is 4.79 Å². The second-order valence-electron chi connectivity index (χ2n) is 5.13. The number of fused-ring (bicyclic) bond motifs is 1. The Labute approximate surface area is 112 Å². The Morgan fingerprint density at radius 2 is 2.16 bits per heavy atom. The molecule has 2 N–H and O–H groups in total. The Balaban J connectivity index is 1.90. The average Bonchev–Trinajstić information content (AvgIpc) is 3.20. The molecule has 100 valence electrons. The maximum Gasteiger partial charge on any atom is 0.239 e. The van der Waals surface area contributed by atoms with Gasteiger partial charge in [0.05, 0.1) is 0 Å². The number of rotatable bonds is 5. The van der Waals surface area contributed by atoms with E-state index in [1.807, 2.05) is 16.7 Å². The van der Waals surface area contributed by atoms with Crippen LogP contribution in [0.5, 0.6) is 0 Å². The van der Waals surface area contributed by atoms with Crippen molar-refractivity contribution in [2.24, 2.45) is 0 Å². The zero-order valence-electron chi connectivity index (χ0n) is 11.1. The van der Waals surface area contributed by atoms with Gasteiger partial charge in [0, 0.05) is 36.7 Å². The number of nitrogens with zero attached hydrogens (tertiary/aromatic N) is 1. The summed E-state index contributed by atoms with van der Waals surface area (Å²) in [7, 11) is 1.67. The first-order valence-corrected chi connectivity index (χ1v) is 6.78. The molecule has 0 atom stereocenters. The monoisotopic (exact) mass is 257 g/mol. The van der Waals surface area contributed by atoms with E-state index in [1.165, 1.54) is 23.8 Å². The number of carbonyl (C=O) groups is 1. The number of hydrogen-bond donors (Lipinski definition) is 2. The van der Waals surface area contributed by atoms with Gasteiger partial charge in [-0.05, 0) is 24.5 Å². The van der Waals surface area contributed by atoms with E-state index in [-0.39, 0.29) is 5.91 Å². The molecule has 0 unspecified atom stereocenters. The Kier molecular flexibility index (Phi) is 3.25. The zero-order chi connectivity index (χ0) is 13.2. The highest BCUT2D eigenvalue weighted by atomic mass is 16.1. The van der Waals surface area contributed by atoms with Crippen LogP contribution in [-0.2, 0) is 17.9 Å². The van der Waals surface area contributed by atoms with Crippen LogP contribution < -0.4 is 10.6 Å². The molecule has 4 nitrogen and oxygen atoms in total. The number of carbonyl (C=O) groups excluding carboxylic acids is 1. The third-order valence-corrected chi connectivity index (χ3v) is 3.62. The van der Waals surface area contributed by atoms with E-state index in [9.17, 15) is 4.79 Å². The zero-order valence-corrected chi connectivity index (χ0v) is 11.1. The minimum atomic E-state index is 0.0301. The van der Waals surface area contributed by atoms with Crippen LogP contribution in [0, 0.1) is 0 Å². The number of para-hydroxylation sites is 1. The first-order valence-electron chi connectivity index (χ1n) is 6.78. The predicted octanol–water partition coefficient (Wildman–Crippen LogP) is 1.64. The summed E-state index contributed by atoms with van der Waals surface area (Å²) in [6.07, 6.45) is 4.67. The molecule has 1 aromatic carbocycles. The lowest BCUT2D eigenvalue weighted by molar-refractivity contribution is -0.121. The smallest absolute Gasteiger partial charge is 0.239 e. The van der Waals surface area contributed by atoms with Gasteiger partial charge in [-0.25, -0.2) is 0 Å². The summed E-state index contributed by atoms with van der Waals surface area (Å²) < 4.78 is 2.03. The van der Waals surface area contributed by atoms with Gasteiger partial charge in [0.1, 0.15) is 6.54 Å². The van der Waals surface area contributed by atoms with Gasteiger partial charge in [-0.3, -0.25) is 4.79 Å². The fraction of sp³-hybridized carbons (Fsp3) is 0.400. The second kappa shape index (κ2) is 5.05. The molecule has 2 aromatic rings. The van der Waals surface area contributed by atoms with Gasteiger partial charge < -0.3 is 15.2 Å². The van der Waals surface area contributed by atoms with Crippen molar-refractivity contribution in [1.29, 1.82) is 0 Å². The minimum absolute atomic E-state index is 0.0301. The molecule has 1 saturated carbocycles. The highest BCUT2D eigenvalue weighted by molar-refractivity contribution is 5.86. The quantitative estimate of drug-likeness (QED) is 0.855. The van der Waals surface area contributed by atoms with Crippen LogP contribution in [0.2, 0.25) is 0 Å². The Hall–Kier alpha value is -1.81. The highest BCUT2D eigenvalue weighted by Crippen LogP contribution is 2.24. The Bertz CT molecular complexity index is 598. The fourth-order valence-corrected chi connectivity index (χ4v) is 2.37. The molecule has 0 saturated heterocycles. The molecule has 0 aliphatic heterocycles. The Morgan fingerprint density at radius 3 is 2.89 bits per heavy atom. The minimum Gasteiger partial charge on any atom is -0.358 e. The molecule has 0 radical (unpaired) electrons. The lowest BCUT2D eigenvalue weighted by Gasteiger charge is -2.03. The van der Waals surface area contributed by atoms with Crippen LogP contribution in [0.1, 0.15) is 18.4 Å². The molecule has 1 heterocycles. The van der Waals surface area contributed by atoms with Crippen LogP contribution in [0.4, 0.5) is 0 Å². The molecular weight excluding hydrogens is 238 g/mol. The largest absolute Gasteiger partial charge is 0.358 e. The van der Waals surface area contributed by atoms with Gasteiger partial charge in [0.15, 0.2) is 0 Å². The number of benzene rings is 1. The third kappa shape index (κ3) is 2.63. The Morgan fingerprint density at radius 1 is 1.37 bits per heavy atom. The molecule has 19 heavy (non-hydrogen) atoms. The molecule has 1 aliphatic rings. The van der Waals surface area contributed by atoms with E-state index in [2.05, 4.69) is 29.0 Å². The van der Waals surface area contributed by atoms with Gasteiger partial charge in [-0.1, -0.05) is 18.2 Å². The topological polar surface area (TPSA) is 46.1 Å². The molecule has 1 aliphatic carbocycles. The lowest BCUT2D eigenvalue weighted by atomic mass is 10.2. The molecule has 0 bridgehead atoms. The first-order chi connectivity index (χ1) is 9.28. The first kappa shape index (κ1) is 12.2. The summed E-state index contributed by atoms with van der Waals surface area (Å²) in [6.45, 7) is 1.26. The maximum atomic E-state index is 11.6. The van der Waals surface area contributed by atoms with Crippen LogP contribution in [0.25, 0.3) is 10.9 Å². The summed E-state index contributed by atoms with van der Waals surface area (Å²) in [5.41, 5.74) is 2.39. The summed E-state index contributed by atoms with van der Waals surface area (Å²) >= 11 is 0. The maximum absolute atomic E-state index is 11.6. The number of hydrogen-bond acceptors (Lipinski definition) is 2. The molecule has 0 spiro atoms. The molecule has 3 rings (SSSR count). The highest BCUT2D eigenvalue weighted by Gasteiger charge is 2.20. The van der Waals surface area contributed by atoms with Crippen molar-refractivity contribution in [3.05, 3.63) is 36.0 Å². The van der Waals surface area contributed by atoms with E-state index < -0.39 is 0 Å². The average molecular weight is 257 g/mol.